The summed E-state index contributed by atoms with van der Waals surface area (Å²) in [5.41, 5.74) is 4.09. The van der Waals surface area contributed by atoms with Crippen LogP contribution in [0.5, 0.6) is 0 Å². The zero-order valence-electron chi connectivity index (χ0n) is 23.6. The fourth-order valence-electron chi connectivity index (χ4n) is 6.65. The lowest BCUT2D eigenvalue weighted by Crippen LogP contribution is -1.92. The van der Waals surface area contributed by atoms with Gasteiger partial charge in [0, 0.05) is 0 Å². The molecule has 0 amide bonds. The van der Waals surface area contributed by atoms with Gasteiger partial charge in [-0.1, -0.05) is 159 Å². The summed E-state index contributed by atoms with van der Waals surface area (Å²) in [7, 11) is 0. The molecule has 41 heavy (non-hydrogen) atoms. The minimum atomic E-state index is 1.10. The molecule has 0 aromatic heterocycles. The van der Waals surface area contributed by atoms with Crippen molar-refractivity contribution < 1.29 is 0 Å². The van der Waals surface area contributed by atoms with Crippen LogP contribution in [0.1, 0.15) is 31.7 Å². The molecule has 0 spiro atoms. The molecule has 0 saturated carbocycles. The molecule has 0 aliphatic rings. The maximum atomic E-state index is 2.34. The summed E-state index contributed by atoms with van der Waals surface area (Å²) in [6, 6.07) is 51.7. The van der Waals surface area contributed by atoms with Crippen LogP contribution in [0, 0.1) is 0 Å². The van der Waals surface area contributed by atoms with E-state index in [0.717, 1.165) is 6.42 Å². The van der Waals surface area contributed by atoms with E-state index in [2.05, 4.69) is 146 Å². The van der Waals surface area contributed by atoms with Crippen LogP contribution < -0.4 is 0 Å². The third-order valence-corrected chi connectivity index (χ3v) is 8.56. The number of fused-ring (bicyclic) bond motifs is 10. The number of unbranched alkanes of at least 4 members (excludes halogenated alkanes) is 2. The molecule has 0 bridgehead atoms. The number of hydrogen-bond acceptors (Lipinski definition) is 0. The summed E-state index contributed by atoms with van der Waals surface area (Å²) in [4.78, 5) is 0. The maximum Gasteiger partial charge on any atom is -0.00203 e. The molecule has 0 aliphatic heterocycles. The average Bonchev–Trinajstić information content (AvgIpc) is 3.04. The van der Waals surface area contributed by atoms with Crippen molar-refractivity contribution in [3.8, 4) is 11.1 Å². The Hall–Kier alpha value is -4.68. The molecule has 0 atom stereocenters. The van der Waals surface area contributed by atoms with E-state index in [-0.39, 0.29) is 0 Å². The van der Waals surface area contributed by atoms with Crippen LogP contribution in [0.3, 0.4) is 0 Å². The summed E-state index contributed by atoms with van der Waals surface area (Å²) < 4.78 is 0. The second kappa shape index (κ2) is 11.1. The summed E-state index contributed by atoms with van der Waals surface area (Å²) in [6.45, 7) is 2.28. The van der Waals surface area contributed by atoms with E-state index < -0.39 is 0 Å². The van der Waals surface area contributed by atoms with Gasteiger partial charge >= 0.3 is 0 Å². The highest BCUT2D eigenvalue weighted by molar-refractivity contribution is 6.28. The van der Waals surface area contributed by atoms with Crippen molar-refractivity contribution >= 4 is 53.9 Å². The minimum Gasteiger partial charge on any atom is -0.0654 e. The van der Waals surface area contributed by atoms with Crippen molar-refractivity contribution in [2.45, 2.75) is 32.6 Å². The van der Waals surface area contributed by atoms with Gasteiger partial charge in [0.2, 0.25) is 0 Å². The highest BCUT2D eigenvalue weighted by Gasteiger charge is 2.13. The maximum absolute atomic E-state index is 2.34. The number of aryl methyl sites for hydroxylation is 1. The number of hydrogen-bond donors (Lipinski definition) is 0. The lowest BCUT2D eigenvalue weighted by molar-refractivity contribution is 0.718. The summed E-state index contributed by atoms with van der Waals surface area (Å²) in [5, 5.41) is 12.8. The molecule has 0 heterocycles. The van der Waals surface area contributed by atoms with Gasteiger partial charge in [0.05, 0.1) is 0 Å². The van der Waals surface area contributed by atoms with Gasteiger partial charge in [-0.2, -0.15) is 0 Å². The number of benzene rings is 6. The monoisotopic (exact) mass is 526 g/mol. The first kappa shape index (κ1) is 25.3. The van der Waals surface area contributed by atoms with Gasteiger partial charge in [0.1, 0.15) is 0 Å². The Balaban J connectivity index is 1.78. The standard InChI is InChI=1S/C41H34/c1-2-3-4-16-29-17-5-6-18-30(29)38-27-15-28-40-37-24-12-11-23-35(37)33-20-8-7-19-31(33)32-21-9-10-22-34(32)36-25-13-14-26-39(36)41(38)40/h5-15,17-28H,2-4,16H2,1H3. The van der Waals surface area contributed by atoms with Crippen molar-refractivity contribution in [2.24, 2.45) is 0 Å². The Morgan fingerprint density at radius 3 is 1.20 bits per heavy atom. The smallest absolute Gasteiger partial charge is 0.00203 e. The Labute approximate surface area is 242 Å². The molecule has 0 heteroatoms. The second-order valence-electron chi connectivity index (χ2n) is 11.0. The Bertz CT molecular complexity index is 2030. The Morgan fingerprint density at radius 2 is 0.707 bits per heavy atom. The topological polar surface area (TPSA) is 0 Å². The predicted molar refractivity (Wildman–Crippen MR) is 180 cm³/mol. The third kappa shape index (κ3) is 4.50. The fraction of sp³-hybridized carbons (Fsp3) is 0.122. The van der Waals surface area contributed by atoms with Crippen LogP contribution in [-0.2, 0) is 6.42 Å². The van der Waals surface area contributed by atoms with Gasteiger partial charge in [-0.05, 0) is 83.4 Å². The van der Waals surface area contributed by atoms with Gasteiger partial charge in [-0.3, -0.25) is 0 Å². The molecule has 0 nitrogen and oxygen atoms in total. The molecular formula is C41H34. The normalized spacial score (nSPS) is 11.4. The lowest BCUT2D eigenvalue weighted by Gasteiger charge is -2.15. The van der Waals surface area contributed by atoms with Gasteiger partial charge < -0.3 is 0 Å². The Kier molecular flexibility index (Phi) is 6.83. The highest BCUT2D eigenvalue weighted by atomic mass is 14.2. The molecule has 7 rings (SSSR count). The van der Waals surface area contributed by atoms with Crippen molar-refractivity contribution in [1.82, 2.24) is 0 Å². The van der Waals surface area contributed by atoms with Crippen LogP contribution in [0.4, 0.5) is 0 Å². The lowest BCUT2D eigenvalue weighted by atomic mass is 9.88. The molecule has 0 fully saturated rings. The first-order chi connectivity index (χ1) is 20.3. The number of rotatable bonds is 5. The largest absolute Gasteiger partial charge is 0.0654 e. The fourth-order valence-corrected chi connectivity index (χ4v) is 6.65. The quantitative estimate of drug-likeness (QED) is 0.196. The molecular weight excluding hydrogens is 492 g/mol. The van der Waals surface area contributed by atoms with E-state index in [1.54, 1.807) is 0 Å². The molecule has 0 saturated heterocycles. The van der Waals surface area contributed by atoms with Crippen LogP contribution in [-0.4, -0.2) is 0 Å². The molecule has 7 aromatic rings. The van der Waals surface area contributed by atoms with E-state index in [9.17, 15) is 0 Å². The van der Waals surface area contributed by atoms with Crippen LogP contribution >= 0.6 is 0 Å². The van der Waals surface area contributed by atoms with Crippen LogP contribution in [0.25, 0.3) is 65.0 Å². The van der Waals surface area contributed by atoms with Gasteiger partial charge in [0.15, 0.2) is 0 Å². The average molecular weight is 527 g/mol. The second-order valence-corrected chi connectivity index (χ2v) is 11.0. The first-order valence-corrected chi connectivity index (χ1v) is 14.9. The first-order valence-electron chi connectivity index (χ1n) is 14.9. The highest BCUT2D eigenvalue weighted by Crippen LogP contribution is 2.40. The van der Waals surface area contributed by atoms with Crippen LogP contribution in [0.15, 0.2) is 140 Å². The summed E-state index contributed by atoms with van der Waals surface area (Å²) in [5.74, 6) is 0. The molecule has 0 aliphatic carbocycles. The molecule has 198 valence electrons. The molecule has 0 radical (unpaired) electrons. The molecule has 7 aromatic carbocycles. The van der Waals surface area contributed by atoms with Gasteiger partial charge in [-0.25, -0.2) is 0 Å². The zero-order chi connectivity index (χ0) is 27.6. The van der Waals surface area contributed by atoms with E-state index >= 15 is 0 Å². The van der Waals surface area contributed by atoms with Crippen molar-refractivity contribution in [3.63, 3.8) is 0 Å². The molecule has 0 N–H and O–H groups in total. The van der Waals surface area contributed by atoms with E-state index in [4.69, 9.17) is 0 Å². The van der Waals surface area contributed by atoms with Crippen LogP contribution in [0.2, 0.25) is 0 Å². The van der Waals surface area contributed by atoms with Crippen molar-refractivity contribution in [3.05, 3.63) is 145 Å². The third-order valence-electron chi connectivity index (χ3n) is 8.56. The van der Waals surface area contributed by atoms with E-state index in [1.165, 1.54) is 89.8 Å². The minimum absolute atomic E-state index is 1.10. The summed E-state index contributed by atoms with van der Waals surface area (Å²) in [6.07, 6.45) is 4.80. The van der Waals surface area contributed by atoms with Crippen molar-refractivity contribution in [2.75, 3.05) is 0 Å². The van der Waals surface area contributed by atoms with E-state index in [0.29, 0.717) is 0 Å². The van der Waals surface area contributed by atoms with Crippen molar-refractivity contribution in [1.29, 1.82) is 0 Å². The summed E-state index contributed by atoms with van der Waals surface area (Å²) >= 11 is 0. The van der Waals surface area contributed by atoms with Gasteiger partial charge in [0.25, 0.3) is 0 Å². The van der Waals surface area contributed by atoms with E-state index in [1.807, 2.05) is 0 Å². The zero-order valence-corrected chi connectivity index (χ0v) is 23.6. The Morgan fingerprint density at radius 1 is 0.341 bits per heavy atom. The van der Waals surface area contributed by atoms with Gasteiger partial charge in [-0.15, -0.1) is 0 Å². The molecule has 0 unspecified atom stereocenters. The predicted octanol–water partition coefficient (Wildman–Crippen LogP) is 12.0. The SMILES string of the molecule is CCCCCc1ccccc1-c1cccc2c3ccccc3c3ccccc3c3ccccc3c3ccccc3c12.